The number of aromatic nitrogens is 2. The van der Waals surface area contributed by atoms with Crippen LogP contribution in [0.2, 0.25) is 0 Å². The molecule has 0 spiro atoms. The van der Waals surface area contributed by atoms with Gasteiger partial charge in [0.05, 0.1) is 11.7 Å². The third-order valence-corrected chi connectivity index (χ3v) is 2.63. The van der Waals surface area contributed by atoms with Crippen molar-refractivity contribution >= 4 is 5.78 Å². The fraction of sp³-hybridized carbons (Fsp3) is 0.600. The Balaban J connectivity index is 2.06. The molecule has 1 heterocycles. The second-order valence-electron chi connectivity index (χ2n) is 3.71. The number of carbonyl (C=O) groups is 1. The van der Waals surface area contributed by atoms with E-state index in [-0.39, 0.29) is 0 Å². The van der Waals surface area contributed by atoms with Crippen molar-refractivity contribution in [2.45, 2.75) is 38.6 Å². The van der Waals surface area contributed by atoms with Gasteiger partial charge in [-0.2, -0.15) is 5.10 Å². The van der Waals surface area contributed by atoms with Gasteiger partial charge < -0.3 is 0 Å². The lowest BCUT2D eigenvalue weighted by atomic mass is 9.95. The molecule has 3 nitrogen and oxygen atoms in total. The van der Waals surface area contributed by atoms with Crippen LogP contribution < -0.4 is 0 Å². The average Bonchev–Trinajstić information content (AvgIpc) is 2.53. The second-order valence-corrected chi connectivity index (χ2v) is 3.71. The van der Waals surface area contributed by atoms with E-state index < -0.39 is 0 Å². The first-order chi connectivity index (χ1) is 6.25. The van der Waals surface area contributed by atoms with Crippen LogP contribution in [0.15, 0.2) is 12.3 Å². The summed E-state index contributed by atoms with van der Waals surface area (Å²) in [6.45, 7) is 1.99. The van der Waals surface area contributed by atoms with E-state index in [1.54, 1.807) is 0 Å². The molecule has 0 atom stereocenters. The number of ketones is 1. The van der Waals surface area contributed by atoms with E-state index in [1.807, 2.05) is 23.9 Å². The van der Waals surface area contributed by atoms with Crippen LogP contribution >= 0.6 is 0 Å². The molecule has 0 aliphatic heterocycles. The molecular formula is C10H14N2O. The molecule has 1 fully saturated rings. The lowest BCUT2D eigenvalue weighted by molar-refractivity contribution is -0.120. The van der Waals surface area contributed by atoms with E-state index in [2.05, 4.69) is 5.10 Å². The molecule has 0 N–H and O–H groups in total. The van der Waals surface area contributed by atoms with Crippen molar-refractivity contribution in [2.75, 3.05) is 0 Å². The first-order valence-electron chi connectivity index (χ1n) is 4.79. The van der Waals surface area contributed by atoms with Gasteiger partial charge in [0.1, 0.15) is 5.78 Å². The van der Waals surface area contributed by atoms with E-state index in [4.69, 9.17) is 0 Å². The third kappa shape index (κ3) is 1.79. The van der Waals surface area contributed by atoms with Gasteiger partial charge in [-0.15, -0.1) is 0 Å². The molecule has 1 aliphatic rings. The summed E-state index contributed by atoms with van der Waals surface area (Å²) in [6, 6.07) is 2.46. The maximum atomic E-state index is 11.0. The minimum Gasteiger partial charge on any atom is -0.300 e. The highest BCUT2D eigenvalue weighted by Gasteiger charge is 2.20. The SMILES string of the molecule is Cc1ccn(C2CCC(=O)CC2)n1. The molecule has 13 heavy (non-hydrogen) atoms. The largest absolute Gasteiger partial charge is 0.300 e. The molecule has 0 unspecified atom stereocenters. The van der Waals surface area contributed by atoms with Gasteiger partial charge in [-0.25, -0.2) is 0 Å². The molecule has 0 amide bonds. The average molecular weight is 178 g/mol. The van der Waals surface area contributed by atoms with Crippen LogP contribution in [0, 0.1) is 6.92 Å². The highest BCUT2D eigenvalue weighted by Crippen LogP contribution is 2.25. The maximum Gasteiger partial charge on any atom is 0.133 e. The number of aryl methyl sites for hydroxylation is 1. The molecule has 0 bridgehead atoms. The van der Waals surface area contributed by atoms with Crippen molar-refractivity contribution in [3.8, 4) is 0 Å². The summed E-state index contributed by atoms with van der Waals surface area (Å²) in [5, 5.41) is 4.36. The highest BCUT2D eigenvalue weighted by molar-refractivity contribution is 5.79. The molecule has 1 aliphatic carbocycles. The molecule has 3 heteroatoms. The molecule has 0 radical (unpaired) electrons. The fourth-order valence-electron chi connectivity index (χ4n) is 1.83. The summed E-state index contributed by atoms with van der Waals surface area (Å²) in [6.07, 6.45) is 5.38. The van der Waals surface area contributed by atoms with Crippen LogP contribution in [0.5, 0.6) is 0 Å². The topological polar surface area (TPSA) is 34.9 Å². The van der Waals surface area contributed by atoms with Gasteiger partial charge in [-0.1, -0.05) is 0 Å². The van der Waals surface area contributed by atoms with E-state index in [0.717, 1.165) is 31.4 Å². The number of rotatable bonds is 1. The first kappa shape index (κ1) is 8.48. The second kappa shape index (κ2) is 3.32. The van der Waals surface area contributed by atoms with Gasteiger partial charge >= 0.3 is 0 Å². The standard InChI is InChI=1S/C10H14N2O/c1-8-6-7-12(11-8)9-2-4-10(13)5-3-9/h6-7,9H,2-5H2,1H3. The Labute approximate surface area is 77.7 Å². The van der Waals surface area contributed by atoms with Crippen molar-refractivity contribution in [1.82, 2.24) is 9.78 Å². The van der Waals surface area contributed by atoms with Crippen molar-refractivity contribution in [3.63, 3.8) is 0 Å². The Bertz CT molecular complexity index is 306. The fourth-order valence-corrected chi connectivity index (χ4v) is 1.83. The Morgan fingerprint density at radius 2 is 2.15 bits per heavy atom. The van der Waals surface area contributed by atoms with Gasteiger partial charge in [-0.05, 0) is 25.8 Å². The third-order valence-electron chi connectivity index (χ3n) is 2.63. The summed E-state index contributed by atoms with van der Waals surface area (Å²) in [5.41, 5.74) is 1.05. The van der Waals surface area contributed by atoms with Crippen LogP contribution in [0.4, 0.5) is 0 Å². The quantitative estimate of drug-likeness (QED) is 0.658. The molecule has 70 valence electrons. The summed E-state index contributed by atoms with van der Waals surface area (Å²) < 4.78 is 2.00. The Morgan fingerprint density at radius 1 is 1.46 bits per heavy atom. The van der Waals surface area contributed by atoms with E-state index in [0.29, 0.717) is 11.8 Å². The highest BCUT2D eigenvalue weighted by atomic mass is 16.1. The molecule has 1 aromatic heterocycles. The zero-order valence-electron chi connectivity index (χ0n) is 7.86. The molecule has 0 aromatic carbocycles. The number of Topliss-reactive ketones (excluding diaryl/α,β-unsaturated/α-hetero) is 1. The molecule has 1 aromatic rings. The van der Waals surface area contributed by atoms with Gasteiger partial charge in [-0.3, -0.25) is 9.48 Å². The van der Waals surface area contributed by atoms with E-state index >= 15 is 0 Å². The number of hydrogen-bond acceptors (Lipinski definition) is 2. The van der Waals surface area contributed by atoms with Gasteiger partial charge in [0, 0.05) is 19.0 Å². The zero-order valence-corrected chi connectivity index (χ0v) is 7.86. The molecular weight excluding hydrogens is 164 g/mol. The van der Waals surface area contributed by atoms with Crippen molar-refractivity contribution in [2.24, 2.45) is 0 Å². The Kier molecular flexibility index (Phi) is 2.17. The van der Waals surface area contributed by atoms with Gasteiger partial charge in [0.25, 0.3) is 0 Å². The molecule has 2 rings (SSSR count). The van der Waals surface area contributed by atoms with Crippen LogP contribution in [-0.2, 0) is 4.79 Å². The number of nitrogens with zero attached hydrogens (tertiary/aromatic N) is 2. The van der Waals surface area contributed by atoms with Crippen LogP contribution in [-0.4, -0.2) is 15.6 Å². The lowest BCUT2D eigenvalue weighted by Gasteiger charge is -2.21. The van der Waals surface area contributed by atoms with Crippen molar-refractivity contribution in [1.29, 1.82) is 0 Å². The van der Waals surface area contributed by atoms with Crippen LogP contribution in [0.25, 0.3) is 0 Å². The summed E-state index contributed by atoms with van der Waals surface area (Å²) in [7, 11) is 0. The van der Waals surface area contributed by atoms with Crippen LogP contribution in [0.1, 0.15) is 37.4 Å². The molecule has 1 saturated carbocycles. The minimum atomic E-state index is 0.403. The van der Waals surface area contributed by atoms with Gasteiger partial charge in [0.15, 0.2) is 0 Å². The smallest absolute Gasteiger partial charge is 0.133 e. The normalized spacial score (nSPS) is 19.3. The number of carbonyl (C=O) groups excluding carboxylic acids is 1. The van der Waals surface area contributed by atoms with Crippen LogP contribution in [0.3, 0.4) is 0 Å². The first-order valence-corrected chi connectivity index (χ1v) is 4.79. The van der Waals surface area contributed by atoms with Gasteiger partial charge in [0.2, 0.25) is 0 Å². The summed E-state index contributed by atoms with van der Waals surface area (Å²) in [5.74, 6) is 0.403. The summed E-state index contributed by atoms with van der Waals surface area (Å²) in [4.78, 5) is 11.0. The predicted molar refractivity (Wildman–Crippen MR) is 49.5 cm³/mol. The maximum absolute atomic E-state index is 11.0. The lowest BCUT2D eigenvalue weighted by Crippen LogP contribution is -2.18. The predicted octanol–water partition coefficient (Wildman–Crippen LogP) is 1.88. The zero-order chi connectivity index (χ0) is 9.26. The van der Waals surface area contributed by atoms with Crippen molar-refractivity contribution < 1.29 is 4.79 Å². The van der Waals surface area contributed by atoms with E-state index in [1.165, 1.54) is 0 Å². The monoisotopic (exact) mass is 178 g/mol. The minimum absolute atomic E-state index is 0.403. The Morgan fingerprint density at radius 3 is 2.69 bits per heavy atom. The molecule has 0 saturated heterocycles. The van der Waals surface area contributed by atoms with E-state index in [9.17, 15) is 4.79 Å². The number of hydrogen-bond donors (Lipinski definition) is 0. The van der Waals surface area contributed by atoms with Crippen molar-refractivity contribution in [3.05, 3.63) is 18.0 Å². The summed E-state index contributed by atoms with van der Waals surface area (Å²) >= 11 is 0. The Hall–Kier alpha value is -1.12.